The number of anilines is 1. The molecule has 0 bridgehead atoms. The summed E-state index contributed by atoms with van der Waals surface area (Å²) in [6.45, 7) is 0. The zero-order valence-electron chi connectivity index (χ0n) is 9.70. The van der Waals surface area contributed by atoms with Crippen molar-refractivity contribution >= 4 is 54.8 Å². The Labute approximate surface area is 133 Å². The Morgan fingerprint density at radius 3 is 2.35 bits per heavy atom. The van der Waals surface area contributed by atoms with Crippen LogP contribution in [0.25, 0.3) is 0 Å². The van der Waals surface area contributed by atoms with Crippen LogP contribution in [0.1, 0.15) is 0 Å². The van der Waals surface area contributed by atoms with Crippen LogP contribution in [0.2, 0.25) is 10.0 Å². The van der Waals surface area contributed by atoms with Gasteiger partial charge in [-0.25, -0.2) is 12.8 Å². The Bertz CT molecular complexity index is 745. The number of nitrogens with one attached hydrogen (secondary N) is 1. The minimum atomic E-state index is -3.92. The van der Waals surface area contributed by atoms with E-state index in [0.29, 0.717) is 0 Å². The first-order valence-electron chi connectivity index (χ1n) is 5.23. The molecule has 0 saturated heterocycles. The first-order valence-corrected chi connectivity index (χ1v) is 8.26. The van der Waals surface area contributed by atoms with Gasteiger partial charge in [-0.2, -0.15) is 0 Å². The molecule has 8 heteroatoms. The third kappa shape index (κ3) is 3.25. The van der Waals surface area contributed by atoms with Crippen LogP contribution in [0.3, 0.4) is 0 Å². The van der Waals surface area contributed by atoms with Gasteiger partial charge in [0.05, 0.1) is 15.7 Å². The summed E-state index contributed by atoms with van der Waals surface area (Å²) in [6.07, 6.45) is 0. The Hall–Kier alpha value is -0.820. The van der Waals surface area contributed by atoms with E-state index in [1.165, 1.54) is 12.1 Å². The minimum absolute atomic E-state index is 0.0491. The molecule has 0 aliphatic heterocycles. The first-order chi connectivity index (χ1) is 9.31. The average molecular weight is 399 g/mol. The van der Waals surface area contributed by atoms with Gasteiger partial charge in [-0.3, -0.25) is 4.72 Å². The van der Waals surface area contributed by atoms with E-state index in [4.69, 9.17) is 23.2 Å². The zero-order valence-corrected chi connectivity index (χ0v) is 13.6. The van der Waals surface area contributed by atoms with Crippen molar-refractivity contribution in [3.63, 3.8) is 0 Å². The highest BCUT2D eigenvalue weighted by atomic mass is 79.9. The van der Waals surface area contributed by atoms with E-state index in [9.17, 15) is 12.8 Å². The van der Waals surface area contributed by atoms with Crippen molar-refractivity contribution in [1.82, 2.24) is 0 Å². The van der Waals surface area contributed by atoms with E-state index in [-0.39, 0.29) is 25.1 Å². The zero-order chi connectivity index (χ0) is 14.9. The second kappa shape index (κ2) is 5.89. The van der Waals surface area contributed by atoms with Gasteiger partial charge in [0.2, 0.25) is 0 Å². The van der Waals surface area contributed by atoms with Gasteiger partial charge in [-0.15, -0.1) is 0 Å². The lowest BCUT2D eigenvalue weighted by Gasteiger charge is -2.12. The van der Waals surface area contributed by atoms with Crippen molar-refractivity contribution in [2.24, 2.45) is 0 Å². The summed E-state index contributed by atoms with van der Waals surface area (Å²) in [5.74, 6) is -0.581. The molecule has 2 rings (SSSR count). The van der Waals surface area contributed by atoms with Gasteiger partial charge in [-0.05, 0) is 40.2 Å². The third-order valence-corrected chi connectivity index (χ3v) is 5.14. The summed E-state index contributed by atoms with van der Waals surface area (Å²) in [4.78, 5) is -0.0889. The maximum atomic E-state index is 13.1. The van der Waals surface area contributed by atoms with Crippen LogP contribution in [0.4, 0.5) is 10.1 Å². The van der Waals surface area contributed by atoms with Crippen LogP contribution in [0.15, 0.2) is 45.8 Å². The lowest BCUT2D eigenvalue weighted by Crippen LogP contribution is -2.14. The van der Waals surface area contributed by atoms with E-state index < -0.39 is 15.8 Å². The van der Waals surface area contributed by atoms with Crippen molar-refractivity contribution in [2.75, 3.05) is 4.72 Å². The van der Waals surface area contributed by atoms with Gasteiger partial charge in [0, 0.05) is 4.47 Å². The second-order valence-corrected chi connectivity index (χ2v) is 7.10. The highest BCUT2D eigenvalue weighted by molar-refractivity contribution is 9.10. The molecular formula is C12H7BrCl2FNO2S. The van der Waals surface area contributed by atoms with Crippen LogP contribution in [-0.4, -0.2) is 8.42 Å². The molecule has 0 amide bonds. The number of halogens is 4. The molecular weight excluding hydrogens is 392 g/mol. The fraction of sp³-hybridized carbons (Fsp3) is 0. The first kappa shape index (κ1) is 15.6. The van der Waals surface area contributed by atoms with Crippen molar-refractivity contribution in [2.45, 2.75) is 4.90 Å². The van der Waals surface area contributed by atoms with Gasteiger partial charge in [-0.1, -0.05) is 35.3 Å². The molecule has 0 saturated carbocycles. The van der Waals surface area contributed by atoms with E-state index in [0.717, 1.165) is 12.1 Å². The molecule has 0 radical (unpaired) electrons. The number of rotatable bonds is 3. The minimum Gasteiger partial charge on any atom is -0.277 e. The monoisotopic (exact) mass is 397 g/mol. The SMILES string of the molecule is O=S(=O)(Nc1c(Cl)cc(F)cc1Br)c1ccccc1Cl. The normalized spacial score (nSPS) is 11.4. The van der Waals surface area contributed by atoms with Crippen molar-refractivity contribution in [1.29, 1.82) is 0 Å². The van der Waals surface area contributed by atoms with Crippen LogP contribution in [-0.2, 0) is 10.0 Å². The second-order valence-electron chi connectivity index (χ2n) is 3.78. The fourth-order valence-corrected chi connectivity index (χ4v) is 4.20. The number of hydrogen-bond donors (Lipinski definition) is 1. The van der Waals surface area contributed by atoms with Crippen LogP contribution in [0, 0.1) is 5.82 Å². The molecule has 0 fully saturated rings. The maximum Gasteiger partial charge on any atom is 0.263 e. The van der Waals surface area contributed by atoms with Gasteiger partial charge >= 0.3 is 0 Å². The molecule has 2 aromatic carbocycles. The van der Waals surface area contributed by atoms with Crippen LogP contribution >= 0.6 is 39.1 Å². The Balaban J connectivity index is 2.47. The Morgan fingerprint density at radius 1 is 1.10 bits per heavy atom. The number of hydrogen-bond acceptors (Lipinski definition) is 2. The Morgan fingerprint density at radius 2 is 1.75 bits per heavy atom. The summed E-state index contributed by atoms with van der Waals surface area (Å²) >= 11 is 14.8. The molecule has 0 atom stereocenters. The van der Waals surface area contributed by atoms with E-state index in [1.807, 2.05) is 0 Å². The highest BCUT2D eigenvalue weighted by Crippen LogP contribution is 2.34. The molecule has 0 aliphatic carbocycles. The highest BCUT2D eigenvalue weighted by Gasteiger charge is 2.20. The lowest BCUT2D eigenvalue weighted by atomic mass is 10.3. The lowest BCUT2D eigenvalue weighted by molar-refractivity contribution is 0.601. The van der Waals surface area contributed by atoms with Gasteiger partial charge in [0.1, 0.15) is 10.7 Å². The predicted molar refractivity (Wildman–Crippen MR) is 81.4 cm³/mol. The molecule has 2 aromatic rings. The van der Waals surface area contributed by atoms with E-state index in [2.05, 4.69) is 20.7 Å². The Kier molecular flexibility index (Phi) is 4.59. The summed E-state index contributed by atoms with van der Waals surface area (Å²) in [5, 5.41) is 0.0156. The van der Waals surface area contributed by atoms with Gasteiger partial charge in [0.25, 0.3) is 10.0 Å². The largest absolute Gasteiger partial charge is 0.277 e. The topological polar surface area (TPSA) is 46.2 Å². The standard InChI is InChI=1S/C12H7BrCl2FNO2S/c13-8-5-7(16)6-10(15)12(8)17-20(18,19)11-4-2-1-3-9(11)14/h1-6,17H. The molecule has 1 N–H and O–H groups in total. The maximum absolute atomic E-state index is 13.1. The van der Waals surface area contributed by atoms with E-state index in [1.54, 1.807) is 12.1 Å². The van der Waals surface area contributed by atoms with Gasteiger partial charge in [0.15, 0.2) is 0 Å². The fourth-order valence-electron chi connectivity index (χ4n) is 1.49. The summed E-state index contributed by atoms with van der Waals surface area (Å²) < 4.78 is 40.1. The summed E-state index contributed by atoms with van der Waals surface area (Å²) in [5.41, 5.74) is 0.0491. The number of benzene rings is 2. The molecule has 20 heavy (non-hydrogen) atoms. The smallest absolute Gasteiger partial charge is 0.263 e. The molecule has 0 aromatic heterocycles. The van der Waals surface area contributed by atoms with Crippen molar-refractivity contribution < 1.29 is 12.8 Å². The summed E-state index contributed by atoms with van der Waals surface area (Å²) in [6, 6.07) is 8.09. The third-order valence-electron chi connectivity index (χ3n) is 2.37. The molecule has 106 valence electrons. The molecule has 0 heterocycles. The molecule has 0 aliphatic rings. The quantitative estimate of drug-likeness (QED) is 0.814. The predicted octanol–water partition coefficient (Wildman–Crippen LogP) is 4.70. The average Bonchev–Trinajstić information content (AvgIpc) is 2.34. The molecule has 0 unspecified atom stereocenters. The summed E-state index contributed by atoms with van der Waals surface area (Å²) in [7, 11) is -3.92. The van der Waals surface area contributed by atoms with Gasteiger partial charge < -0.3 is 0 Å². The number of sulfonamides is 1. The molecule has 3 nitrogen and oxygen atoms in total. The van der Waals surface area contributed by atoms with Crippen LogP contribution < -0.4 is 4.72 Å². The van der Waals surface area contributed by atoms with Crippen LogP contribution in [0.5, 0.6) is 0 Å². The molecule has 0 spiro atoms. The van der Waals surface area contributed by atoms with Crippen molar-refractivity contribution in [3.05, 3.63) is 56.7 Å². The van der Waals surface area contributed by atoms with Crippen molar-refractivity contribution in [3.8, 4) is 0 Å². The van der Waals surface area contributed by atoms with E-state index >= 15 is 0 Å².